The number of anilines is 1. The number of nitrogens with one attached hydrogen (secondary N) is 1. The Hall–Kier alpha value is -0.630. The summed E-state index contributed by atoms with van der Waals surface area (Å²) in [5.74, 6) is 2.65. The first-order chi connectivity index (χ1) is 9.02. The predicted octanol–water partition coefficient (Wildman–Crippen LogP) is 4.34. The average Bonchev–Trinajstić information content (AvgIpc) is 2.77. The van der Waals surface area contributed by atoms with Gasteiger partial charge in [-0.3, -0.25) is 0 Å². The summed E-state index contributed by atoms with van der Waals surface area (Å²) in [4.78, 5) is 9.15. The van der Waals surface area contributed by atoms with Gasteiger partial charge in [0.05, 0.1) is 20.0 Å². The lowest BCUT2D eigenvalue weighted by molar-refractivity contribution is 0.573. The summed E-state index contributed by atoms with van der Waals surface area (Å²) in [6.45, 7) is 4.36. The van der Waals surface area contributed by atoms with Gasteiger partial charge in [0.2, 0.25) is 0 Å². The lowest BCUT2D eigenvalue weighted by atomic mass is 10.1. The van der Waals surface area contributed by atoms with Crippen LogP contribution in [0, 0.1) is 9.49 Å². The van der Waals surface area contributed by atoms with Crippen molar-refractivity contribution in [2.24, 2.45) is 5.92 Å². The lowest BCUT2D eigenvalue weighted by Crippen LogP contribution is -2.07. The SMILES string of the molecule is CNc1nc(-c2occc2Br)nc(CC(C)C)c1I. The van der Waals surface area contributed by atoms with Crippen molar-refractivity contribution in [2.75, 3.05) is 12.4 Å². The third-order valence-corrected chi connectivity index (χ3v) is 4.34. The summed E-state index contributed by atoms with van der Waals surface area (Å²) in [6.07, 6.45) is 2.54. The summed E-state index contributed by atoms with van der Waals surface area (Å²) in [5, 5.41) is 3.12. The zero-order chi connectivity index (χ0) is 14.0. The first-order valence-corrected chi connectivity index (χ1v) is 7.87. The van der Waals surface area contributed by atoms with Crippen LogP contribution < -0.4 is 5.32 Å². The first kappa shape index (κ1) is 14.8. The van der Waals surface area contributed by atoms with E-state index in [0.717, 1.165) is 26.0 Å². The molecule has 0 saturated carbocycles. The van der Waals surface area contributed by atoms with E-state index < -0.39 is 0 Å². The van der Waals surface area contributed by atoms with Gasteiger partial charge in [-0.05, 0) is 56.9 Å². The van der Waals surface area contributed by atoms with Gasteiger partial charge in [-0.2, -0.15) is 0 Å². The van der Waals surface area contributed by atoms with Gasteiger partial charge in [0.25, 0.3) is 0 Å². The van der Waals surface area contributed by atoms with E-state index in [-0.39, 0.29) is 0 Å². The third kappa shape index (κ3) is 3.28. The Morgan fingerprint density at radius 2 is 2.16 bits per heavy atom. The maximum Gasteiger partial charge on any atom is 0.199 e. The number of aromatic nitrogens is 2. The molecule has 2 aromatic heterocycles. The zero-order valence-electron chi connectivity index (χ0n) is 11.0. The second kappa shape index (κ2) is 6.21. The fourth-order valence-corrected chi connectivity index (χ4v) is 2.85. The number of hydrogen-bond acceptors (Lipinski definition) is 4. The van der Waals surface area contributed by atoms with Gasteiger partial charge < -0.3 is 9.73 Å². The molecule has 0 aromatic carbocycles. The quantitative estimate of drug-likeness (QED) is 0.725. The highest BCUT2D eigenvalue weighted by Crippen LogP contribution is 2.30. The van der Waals surface area contributed by atoms with Gasteiger partial charge >= 0.3 is 0 Å². The molecule has 2 heterocycles. The van der Waals surface area contributed by atoms with E-state index in [1.165, 1.54) is 0 Å². The molecule has 0 aliphatic carbocycles. The predicted molar refractivity (Wildman–Crippen MR) is 88.2 cm³/mol. The van der Waals surface area contributed by atoms with E-state index in [2.05, 4.69) is 67.7 Å². The molecule has 2 rings (SSSR count). The van der Waals surface area contributed by atoms with E-state index in [0.29, 0.717) is 17.5 Å². The fraction of sp³-hybridized carbons (Fsp3) is 0.385. The smallest absolute Gasteiger partial charge is 0.199 e. The van der Waals surface area contributed by atoms with Gasteiger partial charge in [-0.1, -0.05) is 13.8 Å². The van der Waals surface area contributed by atoms with E-state index >= 15 is 0 Å². The first-order valence-electron chi connectivity index (χ1n) is 6.00. The minimum absolute atomic E-state index is 0.543. The van der Waals surface area contributed by atoms with Crippen LogP contribution in [0.15, 0.2) is 21.2 Å². The Bertz CT molecular complexity index is 583. The molecule has 0 atom stereocenters. The molecule has 6 heteroatoms. The van der Waals surface area contributed by atoms with Crippen molar-refractivity contribution in [1.29, 1.82) is 0 Å². The standard InChI is InChI=1S/C13H15BrIN3O/c1-7(2)6-9-10(15)12(16-3)18-13(17-9)11-8(14)4-5-19-11/h4-5,7H,6H2,1-3H3,(H,16,17,18). The number of nitrogens with zero attached hydrogens (tertiary/aromatic N) is 2. The highest BCUT2D eigenvalue weighted by molar-refractivity contribution is 14.1. The Kier molecular flexibility index (Phi) is 4.83. The molecule has 0 radical (unpaired) electrons. The molecule has 0 aliphatic heterocycles. The molecule has 0 amide bonds. The molecule has 0 unspecified atom stereocenters. The van der Waals surface area contributed by atoms with Gasteiger partial charge in [0.1, 0.15) is 5.82 Å². The van der Waals surface area contributed by atoms with Gasteiger partial charge in [0, 0.05) is 7.05 Å². The van der Waals surface area contributed by atoms with Gasteiger partial charge in [-0.25, -0.2) is 9.97 Å². The van der Waals surface area contributed by atoms with Crippen molar-refractivity contribution in [3.63, 3.8) is 0 Å². The Morgan fingerprint density at radius 3 is 2.68 bits per heavy atom. The average molecular weight is 436 g/mol. The minimum Gasteiger partial charge on any atom is -0.460 e. The monoisotopic (exact) mass is 435 g/mol. The second-order valence-electron chi connectivity index (χ2n) is 4.60. The van der Waals surface area contributed by atoms with Crippen LogP contribution in [0.4, 0.5) is 5.82 Å². The topological polar surface area (TPSA) is 51.0 Å². The summed E-state index contributed by atoms with van der Waals surface area (Å²) in [7, 11) is 1.87. The summed E-state index contributed by atoms with van der Waals surface area (Å²) in [6, 6.07) is 1.85. The Balaban J connectivity index is 2.54. The second-order valence-corrected chi connectivity index (χ2v) is 6.54. The van der Waals surface area contributed by atoms with E-state index in [1.54, 1.807) is 6.26 Å². The molecular weight excluding hydrogens is 421 g/mol. The summed E-state index contributed by atoms with van der Waals surface area (Å²) >= 11 is 5.74. The van der Waals surface area contributed by atoms with E-state index in [4.69, 9.17) is 4.42 Å². The number of furan rings is 1. The van der Waals surface area contributed by atoms with Crippen molar-refractivity contribution in [3.8, 4) is 11.6 Å². The van der Waals surface area contributed by atoms with Crippen LogP contribution in [0.2, 0.25) is 0 Å². The van der Waals surface area contributed by atoms with Crippen LogP contribution in [-0.4, -0.2) is 17.0 Å². The maximum absolute atomic E-state index is 5.45. The number of rotatable bonds is 4. The molecule has 102 valence electrons. The molecule has 19 heavy (non-hydrogen) atoms. The van der Waals surface area contributed by atoms with Crippen LogP contribution in [-0.2, 0) is 6.42 Å². The van der Waals surface area contributed by atoms with Crippen molar-refractivity contribution < 1.29 is 4.42 Å². The molecule has 0 spiro atoms. The van der Waals surface area contributed by atoms with E-state index in [1.807, 2.05) is 13.1 Å². The van der Waals surface area contributed by atoms with Crippen LogP contribution in [0.25, 0.3) is 11.6 Å². The molecular formula is C13H15BrIN3O. The van der Waals surface area contributed by atoms with Crippen LogP contribution in [0.1, 0.15) is 19.5 Å². The molecule has 0 bridgehead atoms. The van der Waals surface area contributed by atoms with Crippen molar-refractivity contribution in [2.45, 2.75) is 20.3 Å². The molecule has 0 fully saturated rings. The maximum atomic E-state index is 5.45. The molecule has 0 saturated heterocycles. The normalized spacial score (nSPS) is 11.1. The third-order valence-electron chi connectivity index (χ3n) is 2.58. The van der Waals surface area contributed by atoms with Crippen LogP contribution >= 0.6 is 38.5 Å². The van der Waals surface area contributed by atoms with Crippen molar-refractivity contribution >= 4 is 44.3 Å². The van der Waals surface area contributed by atoms with Crippen molar-refractivity contribution in [3.05, 3.63) is 26.1 Å². The molecule has 4 nitrogen and oxygen atoms in total. The Labute approximate surface area is 134 Å². The van der Waals surface area contributed by atoms with Gasteiger partial charge in [0.15, 0.2) is 11.6 Å². The van der Waals surface area contributed by atoms with Gasteiger partial charge in [-0.15, -0.1) is 0 Å². The molecule has 0 aliphatic rings. The lowest BCUT2D eigenvalue weighted by Gasteiger charge is -2.12. The summed E-state index contributed by atoms with van der Waals surface area (Å²) in [5.41, 5.74) is 1.05. The minimum atomic E-state index is 0.543. The Morgan fingerprint density at radius 1 is 1.42 bits per heavy atom. The highest BCUT2D eigenvalue weighted by Gasteiger charge is 2.17. The largest absolute Gasteiger partial charge is 0.460 e. The highest BCUT2D eigenvalue weighted by atomic mass is 127. The molecule has 1 N–H and O–H groups in total. The van der Waals surface area contributed by atoms with Crippen molar-refractivity contribution in [1.82, 2.24) is 9.97 Å². The summed E-state index contributed by atoms with van der Waals surface area (Å²) < 4.78 is 7.38. The van der Waals surface area contributed by atoms with Crippen LogP contribution in [0.5, 0.6) is 0 Å². The van der Waals surface area contributed by atoms with E-state index in [9.17, 15) is 0 Å². The molecule has 2 aromatic rings. The number of hydrogen-bond donors (Lipinski definition) is 1. The fourth-order valence-electron chi connectivity index (χ4n) is 1.74. The number of halogens is 2. The van der Waals surface area contributed by atoms with Crippen LogP contribution in [0.3, 0.4) is 0 Å². The zero-order valence-corrected chi connectivity index (χ0v) is 14.7.